The zero-order valence-electron chi connectivity index (χ0n) is 11.2. The van der Waals surface area contributed by atoms with E-state index in [9.17, 15) is 0 Å². The monoisotopic (exact) mass is 224 g/mol. The van der Waals surface area contributed by atoms with Gasteiger partial charge in [-0.15, -0.1) is 0 Å². The minimum Gasteiger partial charge on any atom is -0.328 e. The molecule has 0 amide bonds. The van der Waals surface area contributed by atoms with Crippen molar-refractivity contribution in [2.75, 3.05) is 0 Å². The summed E-state index contributed by atoms with van der Waals surface area (Å²) in [5.74, 6) is 0. The maximum atomic E-state index is 6.19. The molecule has 0 aromatic heterocycles. The van der Waals surface area contributed by atoms with E-state index in [0.717, 1.165) is 12.1 Å². The molecule has 2 heteroatoms. The van der Waals surface area contributed by atoms with Crippen LogP contribution in [0.5, 0.6) is 0 Å². The molecule has 2 aliphatic heterocycles. The molecular weight excluding hydrogens is 196 g/mol. The fourth-order valence-electron chi connectivity index (χ4n) is 3.92. The molecule has 2 fully saturated rings. The molecule has 94 valence electrons. The van der Waals surface area contributed by atoms with Gasteiger partial charge in [-0.25, -0.2) is 0 Å². The van der Waals surface area contributed by atoms with Gasteiger partial charge in [-0.1, -0.05) is 20.3 Å². The van der Waals surface area contributed by atoms with Crippen molar-refractivity contribution in [2.45, 2.75) is 89.4 Å². The molecule has 0 aliphatic carbocycles. The average molecular weight is 224 g/mol. The number of hydrogen-bond donors (Lipinski definition) is 1. The SMILES string of the molecule is CCC(C)(CC)N1C2CCCC1CC(N)C2. The largest absolute Gasteiger partial charge is 0.328 e. The van der Waals surface area contributed by atoms with E-state index in [2.05, 4.69) is 25.7 Å². The van der Waals surface area contributed by atoms with Crippen molar-refractivity contribution in [1.82, 2.24) is 4.90 Å². The van der Waals surface area contributed by atoms with E-state index in [-0.39, 0.29) is 0 Å². The first kappa shape index (κ1) is 12.4. The molecule has 2 unspecified atom stereocenters. The van der Waals surface area contributed by atoms with Gasteiger partial charge in [-0.2, -0.15) is 0 Å². The Morgan fingerprint density at radius 1 is 1.12 bits per heavy atom. The Balaban J connectivity index is 2.19. The summed E-state index contributed by atoms with van der Waals surface area (Å²) in [6.45, 7) is 7.14. The molecule has 2 saturated heterocycles. The lowest BCUT2D eigenvalue weighted by atomic mass is 9.76. The molecule has 2 N–H and O–H groups in total. The van der Waals surface area contributed by atoms with Crippen molar-refractivity contribution in [3.8, 4) is 0 Å². The zero-order chi connectivity index (χ0) is 11.8. The number of piperidine rings is 2. The topological polar surface area (TPSA) is 29.3 Å². The molecule has 16 heavy (non-hydrogen) atoms. The van der Waals surface area contributed by atoms with Crippen molar-refractivity contribution >= 4 is 0 Å². The van der Waals surface area contributed by atoms with Crippen molar-refractivity contribution in [1.29, 1.82) is 0 Å². The molecule has 0 saturated carbocycles. The van der Waals surface area contributed by atoms with Gasteiger partial charge in [0.1, 0.15) is 0 Å². The van der Waals surface area contributed by atoms with Crippen molar-refractivity contribution in [2.24, 2.45) is 5.73 Å². The van der Waals surface area contributed by atoms with Gasteiger partial charge >= 0.3 is 0 Å². The molecule has 2 bridgehead atoms. The highest BCUT2D eigenvalue weighted by Crippen LogP contribution is 2.40. The Labute approximate surface area is 101 Å². The van der Waals surface area contributed by atoms with Gasteiger partial charge in [0.15, 0.2) is 0 Å². The van der Waals surface area contributed by atoms with Crippen LogP contribution >= 0.6 is 0 Å². The van der Waals surface area contributed by atoms with Gasteiger partial charge < -0.3 is 5.73 Å². The summed E-state index contributed by atoms with van der Waals surface area (Å²) in [4.78, 5) is 2.85. The zero-order valence-corrected chi connectivity index (χ0v) is 11.2. The highest BCUT2D eigenvalue weighted by Gasteiger charge is 2.44. The smallest absolute Gasteiger partial charge is 0.0182 e. The Morgan fingerprint density at radius 3 is 2.06 bits per heavy atom. The van der Waals surface area contributed by atoms with Crippen LogP contribution in [0.3, 0.4) is 0 Å². The first-order valence-corrected chi connectivity index (χ1v) is 7.14. The van der Waals surface area contributed by atoms with Crippen LogP contribution in [0.25, 0.3) is 0 Å². The van der Waals surface area contributed by atoms with Gasteiger partial charge in [-0.3, -0.25) is 4.90 Å². The van der Waals surface area contributed by atoms with E-state index < -0.39 is 0 Å². The van der Waals surface area contributed by atoms with Gasteiger partial charge in [0, 0.05) is 23.7 Å². The molecular formula is C14H28N2. The maximum absolute atomic E-state index is 6.19. The quantitative estimate of drug-likeness (QED) is 0.798. The number of nitrogens with zero attached hydrogens (tertiary/aromatic N) is 1. The van der Waals surface area contributed by atoms with Crippen LogP contribution in [-0.2, 0) is 0 Å². The average Bonchev–Trinajstić information content (AvgIpc) is 2.27. The fourth-order valence-corrected chi connectivity index (χ4v) is 3.92. The molecule has 0 spiro atoms. The summed E-state index contributed by atoms with van der Waals surface area (Å²) in [5.41, 5.74) is 6.60. The molecule has 0 aromatic rings. The van der Waals surface area contributed by atoms with Gasteiger partial charge in [-0.05, 0) is 45.4 Å². The van der Waals surface area contributed by atoms with Crippen molar-refractivity contribution in [3.63, 3.8) is 0 Å². The van der Waals surface area contributed by atoms with Crippen LogP contribution in [0.15, 0.2) is 0 Å². The lowest BCUT2D eigenvalue weighted by Gasteiger charge is -2.56. The van der Waals surface area contributed by atoms with Crippen molar-refractivity contribution < 1.29 is 0 Å². The molecule has 2 nitrogen and oxygen atoms in total. The summed E-state index contributed by atoms with van der Waals surface area (Å²) in [6.07, 6.45) is 9.16. The minimum absolute atomic E-state index is 0.413. The lowest BCUT2D eigenvalue weighted by Crippen LogP contribution is -2.63. The van der Waals surface area contributed by atoms with E-state index in [1.54, 1.807) is 0 Å². The Kier molecular flexibility index (Phi) is 3.60. The number of fused-ring (bicyclic) bond motifs is 2. The van der Waals surface area contributed by atoms with Crippen LogP contribution in [-0.4, -0.2) is 28.6 Å². The Hall–Kier alpha value is -0.0800. The van der Waals surface area contributed by atoms with Crippen LogP contribution in [0, 0.1) is 0 Å². The fraction of sp³-hybridized carbons (Fsp3) is 1.00. The van der Waals surface area contributed by atoms with E-state index in [0.29, 0.717) is 11.6 Å². The number of nitrogens with two attached hydrogens (primary N) is 1. The highest BCUT2D eigenvalue weighted by atomic mass is 15.3. The third kappa shape index (κ3) is 2.02. The molecule has 2 heterocycles. The predicted molar refractivity (Wildman–Crippen MR) is 69.5 cm³/mol. The second-order valence-corrected chi connectivity index (χ2v) is 6.08. The summed E-state index contributed by atoms with van der Waals surface area (Å²) in [7, 11) is 0. The first-order chi connectivity index (χ1) is 7.60. The standard InChI is InChI=1S/C14H28N2/c1-4-14(3,5-2)16-12-7-6-8-13(16)10-11(15)9-12/h11-13H,4-10,15H2,1-3H3. The first-order valence-electron chi connectivity index (χ1n) is 7.14. The highest BCUT2D eigenvalue weighted by molar-refractivity contribution is 5.00. The second-order valence-electron chi connectivity index (χ2n) is 6.08. The molecule has 2 rings (SSSR count). The van der Waals surface area contributed by atoms with Crippen LogP contribution in [0.4, 0.5) is 0 Å². The van der Waals surface area contributed by atoms with Crippen molar-refractivity contribution in [3.05, 3.63) is 0 Å². The third-order valence-electron chi connectivity index (χ3n) is 5.16. The lowest BCUT2D eigenvalue weighted by molar-refractivity contribution is -0.0555. The Morgan fingerprint density at radius 2 is 1.62 bits per heavy atom. The van der Waals surface area contributed by atoms with E-state index in [1.807, 2.05) is 0 Å². The van der Waals surface area contributed by atoms with Gasteiger partial charge in [0.25, 0.3) is 0 Å². The predicted octanol–water partition coefficient (Wildman–Crippen LogP) is 2.91. The van der Waals surface area contributed by atoms with Crippen LogP contribution in [0.2, 0.25) is 0 Å². The maximum Gasteiger partial charge on any atom is 0.0182 e. The third-order valence-corrected chi connectivity index (χ3v) is 5.16. The molecule has 2 aliphatic rings. The van der Waals surface area contributed by atoms with Gasteiger partial charge in [0.2, 0.25) is 0 Å². The number of hydrogen-bond acceptors (Lipinski definition) is 2. The summed E-state index contributed by atoms with van der Waals surface area (Å²) in [5, 5.41) is 0. The number of rotatable bonds is 3. The Bertz CT molecular complexity index is 221. The van der Waals surface area contributed by atoms with E-state index in [4.69, 9.17) is 5.73 Å². The second kappa shape index (κ2) is 4.66. The molecule has 0 radical (unpaired) electrons. The normalized spacial score (nSPS) is 36.4. The van der Waals surface area contributed by atoms with Crippen LogP contribution in [0.1, 0.15) is 65.7 Å². The molecule has 2 atom stereocenters. The summed E-state index contributed by atoms with van der Waals surface area (Å²) in [6, 6.07) is 2.00. The molecule has 0 aromatic carbocycles. The minimum atomic E-state index is 0.413. The summed E-state index contributed by atoms with van der Waals surface area (Å²) >= 11 is 0. The van der Waals surface area contributed by atoms with E-state index >= 15 is 0 Å². The van der Waals surface area contributed by atoms with Gasteiger partial charge in [0.05, 0.1) is 0 Å². The van der Waals surface area contributed by atoms with Crippen LogP contribution < -0.4 is 5.73 Å². The summed E-state index contributed by atoms with van der Waals surface area (Å²) < 4.78 is 0. The van der Waals surface area contributed by atoms with E-state index in [1.165, 1.54) is 44.9 Å².